The van der Waals surface area contributed by atoms with E-state index in [1.807, 2.05) is 13.8 Å². The number of rotatable bonds is 7. The molecule has 0 saturated carbocycles. The van der Waals surface area contributed by atoms with Crippen LogP contribution in [0.25, 0.3) is 0 Å². The molecule has 6 nitrogen and oxygen atoms in total. The quantitative estimate of drug-likeness (QED) is 0.729. The normalized spacial score (nSPS) is 16.9. The van der Waals surface area contributed by atoms with E-state index in [1.54, 1.807) is 18.2 Å². The SMILES string of the molecule is CC(C)OCCCNC(=O)c1ccc(N2CCCCS2(=O)=O)cc1Cl. The highest BCUT2D eigenvalue weighted by Crippen LogP contribution is 2.28. The Morgan fingerprint density at radius 1 is 1.36 bits per heavy atom. The van der Waals surface area contributed by atoms with Gasteiger partial charge in [-0.2, -0.15) is 0 Å². The zero-order valence-electron chi connectivity index (χ0n) is 14.6. The van der Waals surface area contributed by atoms with Crippen molar-refractivity contribution >= 4 is 33.2 Å². The first-order valence-electron chi connectivity index (χ1n) is 8.51. The number of hydrogen-bond acceptors (Lipinski definition) is 4. The molecule has 0 aromatic heterocycles. The number of carbonyl (C=O) groups is 1. The first-order valence-corrected chi connectivity index (χ1v) is 10.5. The number of nitrogens with zero attached hydrogens (tertiary/aromatic N) is 1. The van der Waals surface area contributed by atoms with E-state index in [0.29, 0.717) is 43.8 Å². The van der Waals surface area contributed by atoms with Crippen molar-refractivity contribution in [1.82, 2.24) is 5.32 Å². The summed E-state index contributed by atoms with van der Waals surface area (Å²) >= 11 is 6.21. The maximum atomic E-state index is 12.2. The minimum absolute atomic E-state index is 0.144. The van der Waals surface area contributed by atoms with Crippen LogP contribution < -0.4 is 9.62 Å². The van der Waals surface area contributed by atoms with Crippen LogP contribution in [-0.4, -0.2) is 45.9 Å². The predicted molar refractivity (Wildman–Crippen MR) is 99.9 cm³/mol. The highest BCUT2D eigenvalue weighted by molar-refractivity contribution is 7.92. The molecule has 1 amide bonds. The third-order valence-electron chi connectivity index (χ3n) is 3.89. The van der Waals surface area contributed by atoms with Gasteiger partial charge in [0.1, 0.15) is 0 Å². The molecule has 140 valence electrons. The first kappa shape index (κ1) is 20.0. The summed E-state index contributed by atoms with van der Waals surface area (Å²) in [5, 5.41) is 3.04. The van der Waals surface area contributed by atoms with Crippen molar-refractivity contribution in [2.24, 2.45) is 0 Å². The number of nitrogens with one attached hydrogen (secondary N) is 1. The molecule has 1 N–H and O–H groups in total. The largest absolute Gasteiger partial charge is 0.379 e. The van der Waals surface area contributed by atoms with Gasteiger partial charge in [0.05, 0.1) is 28.1 Å². The molecule has 1 aromatic rings. The smallest absolute Gasteiger partial charge is 0.252 e. The average Bonchev–Trinajstić information content (AvgIpc) is 2.53. The molecule has 0 bridgehead atoms. The molecule has 2 rings (SSSR count). The highest BCUT2D eigenvalue weighted by Gasteiger charge is 2.26. The Morgan fingerprint density at radius 2 is 2.12 bits per heavy atom. The molecule has 1 saturated heterocycles. The summed E-state index contributed by atoms with van der Waals surface area (Å²) in [6, 6.07) is 4.74. The third-order valence-corrected chi connectivity index (χ3v) is 6.07. The Balaban J connectivity index is 1.98. The van der Waals surface area contributed by atoms with Gasteiger partial charge in [-0.3, -0.25) is 9.10 Å². The van der Waals surface area contributed by atoms with Gasteiger partial charge < -0.3 is 10.1 Å². The molecule has 1 fully saturated rings. The molecule has 0 spiro atoms. The summed E-state index contributed by atoms with van der Waals surface area (Å²) < 4.78 is 31.1. The molecule has 8 heteroatoms. The molecule has 1 aliphatic rings. The molecule has 1 heterocycles. The fourth-order valence-corrected chi connectivity index (χ4v) is 4.50. The third kappa shape index (κ3) is 5.59. The fourth-order valence-electron chi connectivity index (χ4n) is 2.61. The van der Waals surface area contributed by atoms with E-state index >= 15 is 0 Å². The number of halogens is 1. The summed E-state index contributed by atoms with van der Waals surface area (Å²) in [5.41, 5.74) is 0.844. The molecule has 0 radical (unpaired) electrons. The Kier molecular flexibility index (Phi) is 7.10. The molecule has 0 unspecified atom stereocenters. The van der Waals surface area contributed by atoms with Crippen LogP contribution in [0.4, 0.5) is 5.69 Å². The van der Waals surface area contributed by atoms with Crippen LogP contribution in [0.5, 0.6) is 0 Å². The zero-order valence-corrected chi connectivity index (χ0v) is 16.2. The van der Waals surface area contributed by atoms with Gasteiger partial charge in [0, 0.05) is 19.7 Å². The van der Waals surface area contributed by atoms with Crippen molar-refractivity contribution in [3.63, 3.8) is 0 Å². The minimum atomic E-state index is -3.29. The lowest BCUT2D eigenvalue weighted by atomic mass is 10.2. The van der Waals surface area contributed by atoms with Gasteiger partial charge in [0.15, 0.2) is 0 Å². The van der Waals surface area contributed by atoms with Gasteiger partial charge in [-0.1, -0.05) is 11.6 Å². The second-order valence-electron chi connectivity index (χ2n) is 6.29. The molecule has 0 atom stereocenters. The van der Waals surface area contributed by atoms with Gasteiger partial charge >= 0.3 is 0 Å². The van der Waals surface area contributed by atoms with E-state index in [4.69, 9.17) is 16.3 Å². The lowest BCUT2D eigenvalue weighted by Gasteiger charge is -2.28. The molecule has 25 heavy (non-hydrogen) atoms. The summed E-state index contributed by atoms with van der Waals surface area (Å²) in [7, 11) is -3.29. The van der Waals surface area contributed by atoms with Crippen LogP contribution in [0.2, 0.25) is 5.02 Å². The topological polar surface area (TPSA) is 75.7 Å². The van der Waals surface area contributed by atoms with Crippen molar-refractivity contribution in [2.45, 2.75) is 39.2 Å². The second-order valence-corrected chi connectivity index (χ2v) is 8.71. The summed E-state index contributed by atoms with van der Waals surface area (Å²) in [4.78, 5) is 12.2. The maximum absolute atomic E-state index is 12.2. The summed E-state index contributed by atoms with van der Waals surface area (Å²) in [6.45, 7) is 5.44. The van der Waals surface area contributed by atoms with Gasteiger partial charge in [0.25, 0.3) is 5.91 Å². The van der Waals surface area contributed by atoms with E-state index < -0.39 is 10.0 Å². The van der Waals surface area contributed by atoms with Gasteiger partial charge in [-0.25, -0.2) is 8.42 Å². The minimum Gasteiger partial charge on any atom is -0.379 e. The van der Waals surface area contributed by atoms with Gasteiger partial charge in [0.2, 0.25) is 10.0 Å². The molecule has 0 aliphatic carbocycles. The fraction of sp³-hybridized carbons (Fsp3) is 0.588. The molecule has 1 aromatic carbocycles. The number of ether oxygens (including phenoxy) is 1. The monoisotopic (exact) mass is 388 g/mol. The highest BCUT2D eigenvalue weighted by atomic mass is 35.5. The van der Waals surface area contributed by atoms with Crippen molar-refractivity contribution in [1.29, 1.82) is 0 Å². The number of anilines is 1. The molecular weight excluding hydrogens is 364 g/mol. The second kappa shape index (κ2) is 8.87. The Labute approximate surface area is 154 Å². The van der Waals surface area contributed by atoms with Crippen molar-refractivity contribution in [2.75, 3.05) is 29.8 Å². The average molecular weight is 389 g/mol. The van der Waals surface area contributed by atoms with Crippen molar-refractivity contribution < 1.29 is 17.9 Å². The van der Waals surface area contributed by atoms with E-state index in [-0.39, 0.29) is 22.8 Å². The lowest BCUT2D eigenvalue weighted by molar-refractivity contribution is 0.0757. The standard InChI is InChI=1S/C17H25ClN2O4S/c1-13(2)24-10-5-8-19-17(21)15-7-6-14(12-16(15)18)20-9-3-4-11-25(20,22)23/h6-7,12-13H,3-5,8-11H2,1-2H3,(H,19,21). The number of amides is 1. The number of sulfonamides is 1. The van der Waals surface area contributed by atoms with E-state index in [9.17, 15) is 13.2 Å². The molecular formula is C17H25ClN2O4S. The summed E-state index contributed by atoms with van der Waals surface area (Å²) in [5.74, 6) is -0.131. The van der Waals surface area contributed by atoms with Crippen LogP contribution in [0.1, 0.15) is 43.5 Å². The van der Waals surface area contributed by atoms with Crippen LogP contribution in [0, 0.1) is 0 Å². The lowest BCUT2D eigenvalue weighted by Crippen LogP contribution is -2.37. The number of hydrogen-bond donors (Lipinski definition) is 1. The molecule has 1 aliphatic heterocycles. The van der Waals surface area contributed by atoms with Crippen LogP contribution in [0.15, 0.2) is 18.2 Å². The summed E-state index contributed by atoms with van der Waals surface area (Å²) in [6.07, 6.45) is 2.38. The van der Waals surface area contributed by atoms with Crippen molar-refractivity contribution in [3.8, 4) is 0 Å². The number of benzene rings is 1. The van der Waals surface area contributed by atoms with Crippen LogP contribution in [-0.2, 0) is 14.8 Å². The first-order chi connectivity index (χ1) is 11.8. The van der Waals surface area contributed by atoms with Crippen LogP contribution >= 0.6 is 11.6 Å². The van der Waals surface area contributed by atoms with Crippen molar-refractivity contribution in [3.05, 3.63) is 28.8 Å². The predicted octanol–water partition coefficient (Wildman–Crippen LogP) is 2.81. The maximum Gasteiger partial charge on any atom is 0.252 e. The van der Waals surface area contributed by atoms with E-state index in [1.165, 1.54) is 4.31 Å². The Bertz CT molecular complexity index is 707. The zero-order chi connectivity index (χ0) is 18.4. The van der Waals surface area contributed by atoms with Crippen LogP contribution in [0.3, 0.4) is 0 Å². The Hall–Kier alpha value is -1.31. The number of carbonyl (C=O) groups excluding carboxylic acids is 1. The van der Waals surface area contributed by atoms with Gasteiger partial charge in [-0.05, 0) is 51.3 Å². The van der Waals surface area contributed by atoms with E-state index in [0.717, 1.165) is 6.42 Å². The Morgan fingerprint density at radius 3 is 2.76 bits per heavy atom. The van der Waals surface area contributed by atoms with Gasteiger partial charge in [-0.15, -0.1) is 0 Å². The van der Waals surface area contributed by atoms with E-state index in [2.05, 4.69) is 5.32 Å².